The summed E-state index contributed by atoms with van der Waals surface area (Å²) in [6.45, 7) is -0.0534. The van der Waals surface area contributed by atoms with Gasteiger partial charge in [-0.1, -0.05) is 0 Å². The highest BCUT2D eigenvalue weighted by molar-refractivity contribution is 5.86. The van der Waals surface area contributed by atoms with E-state index < -0.39 is 30.6 Å². The van der Waals surface area contributed by atoms with Crippen LogP contribution in [-0.2, 0) is 9.59 Å². The average Bonchev–Trinajstić information content (AvgIpc) is 2.70. The first-order chi connectivity index (χ1) is 7.99. The predicted octanol–water partition coefficient (Wildman–Crippen LogP) is -2.04. The van der Waals surface area contributed by atoms with Crippen LogP contribution in [0.15, 0.2) is 0 Å². The van der Waals surface area contributed by atoms with Gasteiger partial charge in [0.1, 0.15) is 6.54 Å². The van der Waals surface area contributed by atoms with Crippen molar-refractivity contribution in [3.63, 3.8) is 0 Å². The van der Waals surface area contributed by atoms with E-state index in [0.29, 0.717) is 13.0 Å². The van der Waals surface area contributed by atoms with E-state index in [1.807, 2.05) is 0 Å². The molecule has 1 aliphatic heterocycles. The van der Waals surface area contributed by atoms with Gasteiger partial charge in [-0.2, -0.15) is 0 Å². The Hall–Kier alpha value is -1.83. The standard InChI is InChI=1S/C9H15N3O5/c13-6-1-2-12(5-6)9(17)11-3-7(14)10-4-8(15)16/h6,13H,1-5H2,(H,10,14)(H,11,17)(H,15,16). The number of carboxylic acids is 1. The van der Waals surface area contributed by atoms with Gasteiger partial charge in [-0.3, -0.25) is 9.59 Å². The normalized spacial score (nSPS) is 18.9. The maximum absolute atomic E-state index is 11.4. The molecular formula is C9H15N3O5. The zero-order valence-corrected chi connectivity index (χ0v) is 9.18. The van der Waals surface area contributed by atoms with Crippen LogP contribution in [0.3, 0.4) is 0 Å². The number of amides is 3. The fourth-order valence-electron chi connectivity index (χ4n) is 1.43. The molecule has 0 radical (unpaired) electrons. The number of urea groups is 1. The van der Waals surface area contributed by atoms with Crippen molar-refractivity contribution in [3.8, 4) is 0 Å². The van der Waals surface area contributed by atoms with Crippen molar-refractivity contribution in [2.45, 2.75) is 12.5 Å². The van der Waals surface area contributed by atoms with Crippen LogP contribution in [0.4, 0.5) is 4.79 Å². The number of nitrogens with zero attached hydrogens (tertiary/aromatic N) is 1. The van der Waals surface area contributed by atoms with Crippen molar-refractivity contribution in [3.05, 3.63) is 0 Å². The summed E-state index contributed by atoms with van der Waals surface area (Å²) >= 11 is 0. The van der Waals surface area contributed by atoms with Crippen molar-refractivity contribution < 1.29 is 24.6 Å². The number of hydrogen-bond acceptors (Lipinski definition) is 4. The third-order valence-corrected chi connectivity index (χ3v) is 2.29. The van der Waals surface area contributed by atoms with Crippen molar-refractivity contribution in [1.82, 2.24) is 15.5 Å². The highest BCUT2D eigenvalue weighted by atomic mass is 16.4. The summed E-state index contributed by atoms with van der Waals surface area (Å²) in [7, 11) is 0. The second kappa shape index (κ2) is 6.04. The Morgan fingerprint density at radius 3 is 2.47 bits per heavy atom. The van der Waals surface area contributed by atoms with Gasteiger partial charge in [0.2, 0.25) is 5.91 Å². The van der Waals surface area contributed by atoms with Gasteiger partial charge in [0, 0.05) is 13.1 Å². The number of rotatable bonds is 4. The molecule has 8 heteroatoms. The summed E-state index contributed by atoms with van der Waals surface area (Å²) in [5, 5.41) is 22.0. The highest BCUT2D eigenvalue weighted by Gasteiger charge is 2.24. The fraction of sp³-hybridized carbons (Fsp3) is 0.667. The van der Waals surface area contributed by atoms with Gasteiger partial charge >= 0.3 is 12.0 Å². The maximum Gasteiger partial charge on any atom is 0.322 e. The molecule has 1 saturated heterocycles. The number of carbonyl (C=O) groups excluding carboxylic acids is 2. The van der Waals surface area contributed by atoms with E-state index >= 15 is 0 Å². The molecule has 1 unspecified atom stereocenters. The topological polar surface area (TPSA) is 119 Å². The summed E-state index contributed by atoms with van der Waals surface area (Å²) < 4.78 is 0. The monoisotopic (exact) mass is 245 g/mol. The third kappa shape index (κ3) is 4.68. The van der Waals surface area contributed by atoms with Crippen LogP contribution in [0, 0.1) is 0 Å². The SMILES string of the molecule is O=C(O)CNC(=O)CNC(=O)N1CCC(O)C1. The molecule has 1 fully saturated rings. The van der Waals surface area contributed by atoms with Gasteiger partial charge in [-0.25, -0.2) is 4.79 Å². The molecule has 96 valence electrons. The number of carboxylic acid groups (broad SMARTS) is 1. The number of aliphatic hydroxyl groups excluding tert-OH is 1. The van der Waals surface area contributed by atoms with E-state index in [1.54, 1.807) is 0 Å². The molecule has 0 aromatic heterocycles. The molecule has 1 rings (SSSR count). The number of aliphatic carboxylic acids is 1. The van der Waals surface area contributed by atoms with E-state index in [1.165, 1.54) is 4.90 Å². The van der Waals surface area contributed by atoms with Gasteiger partial charge in [0.15, 0.2) is 0 Å². The summed E-state index contributed by atoms with van der Waals surface area (Å²) in [5.74, 6) is -1.71. The van der Waals surface area contributed by atoms with E-state index in [2.05, 4.69) is 10.6 Å². The van der Waals surface area contributed by atoms with Crippen LogP contribution >= 0.6 is 0 Å². The average molecular weight is 245 g/mol. The summed E-state index contributed by atoms with van der Waals surface area (Å²) in [6, 6.07) is -0.438. The zero-order chi connectivity index (χ0) is 12.8. The molecule has 1 atom stereocenters. The summed E-state index contributed by atoms with van der Waals surface area (Å²) in [4.78, 5) is 34.1. The number of β-amino-alcohol motifs (C(OH)–C–C–N with tert-alkyl or cyclic N) is 1. The van der Waals surface area contributed by atoms with Crippen molar-refractivity contribution in [2.24, 2.45) is 0 Å². The van der Waals surface area contributed by atoms with Crippen LogP contribution in [0.2, 0.25) is 0 Å². The first kappa shape index (κ1) is 13.2. The molecule has 3 amide bonds. The largest absolute Gasteiger partial charge is 0.480 e. The Morgan fingerprint density at radius 2 is 1.94 bits per heavy atom. The Morgan fingerprint density at radius 1 is 1.24 bits per heavy atom. The summed E-state index contributed by atoms with van der Waals surface area (Å²) in [6.07, 6.45) is 0.0140. The Kier molecular flexibility index (Phi) is 4.70. The lowest BCUT2D eigenvalue weighted by Crippen LogP contribution is -2.44. The maximum atomic E-state index is 11.4. The van der Waals surface area contributed by atoms with Crippen LogP contribution < -0.4 is 10.6 Å². The number of aliphatic hydroxyl groups is 1. The quantitative estimate of drug-likeness (QED) is 0.455. The molecule has 0 aromatic rings. The lowest BCUT2D eigenvalue weighted by atomic mass is 10.3. The molecule has 4 N–H and O–H groups in total. The molecular weight excluding hydrogens is 230 g/mol. The van der Waals surface area contributed by atoms with E-state index in [-0.39, 0.29) is 13.1 Å². The number of carbonyl (C=O) groups is 3. The van der Waals surface area contributed by atoms with Crippen LogP contribution in [0.25, 0.3) is 0 Å². The molecule has 8 nitrogen and oxygen atoms in total. The molecule has 17 heavy (non-hydrogen) atoms. The van der Waals surface area contributed by atoms with Gasteiger partial charge in [-0.05, 0) is 6.42 Å². The fourth-order valence-corrected chi connectivity index (χ4v) is 1.43. The third-order valence-electron chi connectivity index (χ3n) is 2.29. The smallest absolute Gasteiger partial charge is 0.322 e. The number of hydrogen-bond donors (Lipinski definition) is 4. The van der Waals surface area contributed by atoms with Gasteiger partial charge in [0.25, 0.3) is 0 Å². The van der Waals surface area contributed by atoms with Gasteiger partial charge in [-0.15, -0.1) is 0 Å². The highest BCUT2D eigenvalue weighted by Crippen LogP contribution is 2.07. The lowest BCUT2D eigenvalue weighted by molar-refractivity contribution is -0.137. The Labute approximate surface area is 97.6 Å². The predicted molar refractivity (Wildman–Crippen MR) is 56.2 cm³/mol. The summed E-state index contributed by atoms with van der Waals surface area (Å²) in [5.41, 5.74) is 0. The number of nitrogens with one attached hydrogen (secondary N) is 2. The molecule has 0 aromatic carbocycles. The van der Waals surface area contributed by atoms with Gasteiger partial charge in [0.05, 0.1) is 12.6 Å². The number of likely N-dealkylation sites (tertiary alicyclic amines) is 1. The first-order valence-electron chi connectivity index (χ1n) is 5.18. The lowest BCUT2D eigenvalue weighted by Gasteiger charge is -2.15. The van der Waals surface area contributed by atoms with E-state index in [4.69, 9.17) is 5.11 Å². The van der Waals surface area contributed by atoms with E-state index in [0.717, 1.165) is 0 Å². The molecule has 0 bridgehead atoms. The Balaban J connectivity index is 2.19. The van der Waals surface area contributed by atoms with Crippen LogP contribution in [0.1, 0.15) is 6.42 Å². The first-order valence-corrected chi connectivity index (χ1v) is 5.18. The van der Waals surface area contributed by atoms with Crippen molar-refractivity contribution >= 4 is 17.9 Å². The molecule has 0 saturated carbocycles. The molecule has 0 aliphatic carbocycles. The minimum absolute atomic E-state index is 0.253. The molecule has 0 spiro atoms. The molecule has 1 heterocycles. The minimum Gasteiger partial charge on any atom is -0.480 e. The molecule has 1 aliphatic rings. The van der Waals surface area contributed by atoms with Crippen molar-refractivity contribution in [2.75, 3.05) is 26.2 Å². The van der Waals surface area contributed by atoms with E-state index in [9.17, 15) is 19.5 Å². The second-order valence-electron chi connectivity index (χ2n) is 3.72. The Bertz CT molecular complexity index is 320. The minimum atomic E-state index is -1.15. The van der Waals surface area contributed by atoms with Gasteiger partial charge < -0.3 is 25.7 Å². The van der Waals surface area contributed by atoms with Crippen molar-refractivity contribution in [1.29, 1.82) is 0 Å². The van der Waals surface area contributed by atoms with Crippen LogP contribution in [0.5, 0.6) is 0 Å². The zero-order valence-electron chi connectivity index (χ0n) is 9.18. The van der Waals surface area contributed by atoms with Crippen LogP contribution in [-0.4, -0.2) is 65.3 Å². The second-order valence-corrected chi connectivity index (χ2v) is 3.72.